The Morgan fingerprint density at radius 2 is 1.64 bits per heavy atom. The molecule has 0 aliphatic rings. The van der Waals surface area contributed by atoms with E-state index in [1.807, 2.05) is 13.8 Å². The van der Waals surface area contributed by atoms with Gasteiger partial charge in [0.25, 0.3) is 0 Å². The van der Waals surface area contributed by atoms with E-state index < -0.39 is 0 Å². The highest BCUT2D eigenvalue weighted by atomic mass is 16.6. The number of aryl methyl sites for hydroxylation is 3. The van der Waals surface area contributed by atoms with Crippen LogP contribution in [0, 0.1) is 20.8 Å². The number of nitrogens with two attached hydrogens (primary N) is 1. The van der Waals surface area contributed by atoms with Crippen molar-refractivity contribution in [3.8, 4) is 5.75 Å². The zero-order valence-electron chi connectivity index (χ0n) is 8.96. The summed E-state index contributed by atoms with van der Waals surface area (Å²) in [6.45, 7) is 7.05. The smallest absolute Gasteiger partial charge is 0.125 e. The first kappa shape index (κ1) is 11.0. The lowest BCUT2D eigenvalue weighted by molar-refractivity contribution is 0.101. The van der Waals surface area contributed by atoms with E-state index in [1.54, 1.807) is 0 Å². The van der Waals surface area contributed by atoms with Crippen LogP contribution in [0.15, 0.2) is 12.1 Å². The van der Waals surface area contributed by atoms with E-state index in [4.69, 9.17) is 10.6 Å². The minimum absolute atomic E-state index is 0.409. The summed E-state index contributed by atoms with van der Waals surface area (Å²) < 4.78 is 5.56. The van der Waals surface area contributed by atoms with Gasteiger partial charge in [0.15, 0.2) is 0 Å². The minimum Gasteiger partial charge on any atom is -0.491 e. The van der Waals surface area contributed by atoms with Gasteiger partial charge < -0.3 is 9.57 Å². The molecule has 0 saturated heterocycles. The molecule has 0 atom stereocenters. The second-order valence-electron chi connectivity index (χ2n) is 3.45. The number of ether oxygens (including phenoxy) is 1. The van der Waals surface area contributed by atoms with E-state index in [0.29, 0.717) is 13.2 Å². The van der Waals surface area contributed by atoms with Crippen molar-refractivity contribution in [1.82, 2.24) is 0 Å². The molecule has 0 bridgehead atoms. The maximum Gasteiger partial charge on any atom is 0.125 e. The Balaban J connectivity index is 2.75. The molecule has 0 aliphatic carbocycles. The largest absolute Gasteiger partial charge is 0.491 e. The number of hydrogen-bond acceptors (Lipinski definition) is 3. The first-order valence-corrected chi connectivity index (χ1v) is 4.67. The van der Waals surface area contributed by atoms with Crippen LogP contribution in [0.3, 0.4) is 0 Å². The van der Waals surface area contributed by atoms with E-state index in [2.05, 4.69) is 23.9 Å². The van der Waals surface area contributed by atoms with Gasteiger partial charge in [-0.3, -0.25) is 0 Å². The highest BCUT2D eigenvalue weighted by Crippen LogP contribution is 2.24. The van der Waals surface area contributed by atoms with Gasteiger partial charge in [0, 0.05) is 0 Å². The maximum absolute atomic E-state index is 5.56. The third-order valence-electron chi connectivity index (χ3n) is 2.05. The molecule has 0 saturated carbocycles. The van der Waals surface area contributed by atoms with Crippen LogP contribution in [0.1, 0.15) is 16.7 Å². The van der Waals surface area contributed by atoms with Gasteiger partial charge in [0.1, 0.15) is 19.0 Å². The summed E-state index contributed by atoms with van der Waals surface area (Å²) in [6, 6.07) is 4.21. The van der Waals surface area contributed by atoms with E-state index >= 15 is 0 Å². The Bertz CT molecular complexity index is 287. The molecule has 0 amide bonds. The number of hydrogen-bond donors (Lipinski definition) is 1. The average Bonchev–Trinajstić information content (AvgIpc) is 2.09. The van der Waals surface area contributed by atoms with E-state index in [-0.39, 0.29) is 0 Å². The summed E-state index contributed by atoms with van der Waals surface area (Å²) in [5.74, 6) is 5.85. The first-order valence-electron chi connectivity index (χ1n) is 4.67. The number of rotatable bonds is 4. The molecule has 1 rings (SSSR count). The topological polar surface area (TPSA) is 44.5 Å². The zero-order chi connectivity index (χ0) is 10.6. The minimum atomic E-state index is 0.409. The highest BCUT2D eigenvalue weighted by molar-refractivity contribution is 5.42. The van der Waals surface area contributed by atoms with Gasteiger partial charge in [-0.25, -0.2) is 5.90 Å². The molecule has 1 aromatic rings. The predicted molar refractivity (Wildman–Crippen MR) is 56.3 cm³/mol. The molecule has 0 aliphatic heterocycles. The van der Waals surface area contributed by atoms with Gasteiger partial charge in [-0.1, -0.05) is 17.7 Å². The van der Waals surface area contributed by atoms with Gasteiger partial charge in [-0.05, 0) is 31.9 Å². The van der Waals surface area contributed by atoms with Crippen molar-refractivity contribution in [3.05, 3.63) is 28.8 Å². The molecule has 0 unspecified atom stereocenters. The molecule has 0 heterocycles. The van der Waals surface area contributed by atoms with Crippen LogP contribution in [0.4, 0.5) is 0 Å². The fourth-order valence-electron chi connectivity index (χ4n) is 1.59. The highest BCUT2D eigenvalue weighted by Gasteiger charge is 2.04. The lowest BCUT2D eigenvalue weighted by Crippen LogP contribution is -2.11. The fraction of sp³-hybridized carbons (Fsp3) is 0.455. The van der Waals surface area contributed by atoms with E-state index in [0.717, 1.165) is 16.9 Å². The van der Waals surface area contributed by atoms with Crippen molar-refractivity contribution < 1.29 is 9.57 Å². The second-order valence-corrected chi connectivity index (χ2v) is 3.45. The molecule has 0 fully saturated rings. The van der Waals surface area contributed by atoms with Crippen molar-refractivity contribution in [3.63, 3.8) is 0 Å². The Kier molecular flexibility index (Phi) is 3.92. The van der Waals surface area contributed by atoms with Crippen molar-refractivity contribution in [2.24, 2.45) is 5.90 Å². The summed E-state index contributed by atoms with van der Waals surface area (Å²) in [4.78, 5) is 4.44. The standard InChI is InChI=1S/C11H17NO2/c1-8-6-9(2)11(10(3)7-8)13-4-5-14-12/h6-7H,4-5,12H2,1-3H3. The molecular formula is C11H17NO2. The molecule has 0 radical (unpaired) electrons. The van der Waals surface area contributed by atoms with Crippen molar-refractivity contribution in [2.75, 3.05) is 13.2 Å². The van der Waals surface area contributed by atoms with Crippen LogP contribution < -0.4 is 10.6 Å². The van der Waals surface area contributed by atoms with Crippen LogP contribution >= 0.6 is 0 Å². The number of benzene rings is 1. The molecule has 0 aromatic heterocycles. The SMILES string of the molecule is Cc1cc(C)c(OCCON)c(C)c1. The molecule has 2 N–H and O–H groups in total. The predicted octanol–water partition coefficient (Wildman–Crippen LogP) is 1.88. The average molecular weight is 195 g/mol. The van der Waals surface area contributed by atoms with Crippen molar-refractivity contribution in [1.29, 1.82) is 0 Å². The zero-order valence-corrected chi connectivity index (χ0v) is 8.96. The van der Waals surface area contributed by atoms with Gasteiger partial charge in [0.2, 0.25) is 0 Å². The fourth-order valence-corrected chi connectivity index (χ4v) is 1.59. The lowest BCUT2D eigenvalue weighted by atomic mass is 10.1. The van der Waals surface area contributed by atoms with Crippen LogP contribution in [0.5, 0.6) is 5.75 Å². The van der Waals surface area contributed by atoms with Gasteiger partial charge in [-0.15, -0.1) is 0 Å². The van der Waals surface area contributed by atoms with Gasteiger partial charge in [-0.2, -0.15) is 0 Å². The summed E-state index contributed by atoms with van der Waals surface area (Å²) in [6.07, 6.45) is 0. The van der Waals surface area contributed by atoms with E-state index in [1.165, 1.54) is 5.56 Å². The van der Waals surface area contributed by atoms with Gasteiger partial charge >= 0.3 is 0 Å². The van der Waals surface area contributed by atoms with Crippen molar-refractivity contribution in [2.45, 2.75) is 20.8 Å². The van der Waals surface area contributed by atoms with Crippen LogP contribution in [0.25, 0.3) is 0 Å². The summed E-state index contributed by atoms with van der Waals surface area (Å²) in [7, 11) is 0. The second kappa shape index (κ2) is 4.98. The Labute approximate surface area is 84.8 Å². The Morgan fingerprint density at radius 3 is 2.14 bits per heavy atom. The van der Waals surface area contributed by atoms with Crippen LogP contribution in [-0.2, 0) is 4.84 Å². The molecule has 78 valence electrons. The summed E-state index contributed by atoms with van der Waals surface area (Å²) in [5, 5.41) is 0. The molecule has 3 heteroatoms. The third-order valence-corrected chi connectivity index (χ3v) is 2.05. The quantitative estimate of drug-likeness (QED) is 0.589. The first-order chi connectivity index (χ1) is 6.65. The van der Waals surface area contributed by atoms with Crippen molar-refractivity contribution >= 4 is 0 Å². The van der Waals surface area contributed by atoms with Crippen LogP contribution in [0.2, 0.25) is 0 Å². The van der Waals surface area contributed by atoms with Crippen LogP contribution in [-0.4, -0.2) is 13.2 Å². The Hall–Kier alpha value is -1.06. The third kappa shape index (κ3) is 2.72. The Morgan fingerprint density at radius 1 is 1.07 bits per heavy atom. The lowest BCUT2D eigenvalue weighted by Gasteiger charge is -2.12. The molecule has 1 aromatic carbocycles. The van der Waals surface area contributed by atoms with E-state index in [9.17, 15) is 0 Å². The summed E-state index contributed by atoms with van der Waals surface area (Å²) in [5.41, 5.74) is 3.56. The normalized spacial score (nSPS) is 10.3. The van der Waals surface area contributed by atoms with Gasteiger partial charge in [0.05, 0.1) is 0 Å². The summed E-state index contributed by atoms with van der Waals surface area (Å²) >= 11 is 0. The molecule has 0 spiro atoms. The molecule has 3 nitrogen and oxygen atoms in total. The monoisotopic (exact) mass is 195 g/mol. The molecular weight excluding hydrogens is 178 g/mol. The molecule has 14 heavy (non-hydrogen) atoms. The maximum atomic E-state index is 5.56.